The van der Waals surface area contributed by atoms with Crippen molar-refractivity contribution in [1.82, 2.24) is 0 Å². The summed E-state index contributed by atoms with van der Waals surface area (Å²) in [6.45, 7) is 4.73. The minimum Gasteiger partial charge on any atom is -0.371 e. The van der Waals surface area contributed by atoms with E-state index in [9.17, 15) is 0 Å². The van der Waals surface area contributed by atoms with E-state index in [1.54, 1.807) is 0 Å². The van der Waals surface area contributed by atoms with Crippen LogP contribution in [-0.2, 0) is 0 Å². The van der Waals surface area contributed by atoms with Crippen molar-refractivity contribution in [3.05, 3.63) is 59.7 Å². The maximum Gasteiger partial charge on any atom is 0.0771 e. The number of piperidine rings is 2. The fourth-order valence-electron chi connectivity index (χ4n) is 6.21. The lowest BCUT2D eigenvalue weighted by atomic mass is 9.92. The van der Waals surface area contributed by atoms with Crippen LogP contribution in [0.3, 0.4) is 0 Å². The molecule has 176 valence electrons. The fraction of sp³-hybridized carbons (Fsp3) is 0.567. The van der Waals surface area contributed by atoms with Crippen LogP contribution in [0.1, 0.15) is 87.8 Å². The third-order valence-electron chi connectivity index (χ3n) is 8.05. The summed E-state index contributed by atoms with van der Waals surface area (Å²) in [5.41, 5.74) is 5.52. The summed E-state index contributed by atoms with van der Waals surface area (Å²) >= 11 is 0. The Hall–Kier alpha value is -2.29. The number of rotatable bonds is 7. The minimum absolute atomic E-state index is 0.251. The molecule has 0 N–H and O–H groups in total. The highest BCUT2D eigenvalue weighted by Gasteiger charge is 2.24. The van der Waals surface area contributed by atoms with Crippen molar-refractivity contribution in [2.75, 3.05) is 36.0 Å². The summed E-state index contributed by atoms with van der Waals surface area (Å²) in [5.74, 6) is 0.818. The van der Waals surface area contributed by atoms with Crippen LogP contribution >= 0.6 is 0 Å². The van der Waals surface area contributed by atoms with Crippen LogP contribution < -0.4 is 9.80 Å². The van der Waals surface area contributed by atoms with Gasteiger partial charge in [-0.05, 0) is 68.6 Å². The van der Waals surface area contributed by atoms with Crippen molar-refractivity contribution in [3.63, 3.8) is 0 Å². The Balaban J connectivity index is 1.44. The van der Waals surface area contributed by atoms with E-state index >= 15 is 0 Å². The minimum atomic E-state index is 0.251. The molecule has 2 heterocycles. The Morgan fingerprint density at radius 1 is 0.697 bits per heavy atom. The van der Waals surface area contributed by atoms with Gasteiger partial charge in [-0.15, -0.1) is 0 Å². The second-order valence-corrected chi connectivity index (χ2v) is 10.4. The van der Waals surface area contributed by atoms with Gasteiger partial charge in [0.1, 0.15) is 0 Å². The maximum absolute atomic E-state index is 5.36. The summed E-state index contributed by atoms with van der Waals surface area (Å²) in [7, 11) is 0. The Bertz CT molecular complexity index is 902. The van der Waals surface area contributed by atoms with Crippen LogP contribution in [0.2, 0.25) is 0 Å². The average molecular weight is 444 g/mol. The van der Waals surface area contributed by atoms with Crippen molar-refractivity contribution in [1.29, 1.82) is 0 Å². The monoisotopic (exact) mass is 443 g/mol. The molecule has 2 aliphatic heterocycles. The Kier molecular flexibility index (Phi) is 7.65. The van der Waals surface area contributed by atoms with Gasteiger partial charge in [0.25, 0.3) is 0 Å². The predicted octanol–water partition coefficient (Wildman–Crippen LogP) is 7.41. The van der Waals surface area contributed by atoms with Gasteiger partial charge in [0.2, 0.25) is 0 Å². The van der Waals surface area contributed by atoms with Crippen molar-refractivity contribution >= 4 is 17.6 Å². The molecule has 0 amide bonds. The van der Waals surface area contributed by atoms with Gasteiger partial charge in [-0.25, -0.2) is 0 Å². The highest BCUT2D eigenvalue weighted by atomic mass is 15.1. The number of anilines is 2. The van der Waals surface area contributed by atoms with Gasteiger partial charge < -0.3 is 9.80 Å². The first kappa shape index (κ1) is 22.5. The van der Waals surface area contributed by atoms with Gasteiger partial charge in [0.05, 0.1) is 6.04 Å². The average Bonchev–Trinajstić information content (AvgIpc) is 3.41. The summed E-state index contributed by atoms with van der Waals surface area (Å²) in [5, 5.41) is 0. The Morgan fingerprint density at radius 3 is 1.97 bits per heavy atom. The van der Waals surface area contributed by atoms with Gasteiger partial charge in [0, 0.05) is 49.3 Å². The van der Waals surface area contributed by atoms with E-state index in [2.05, 4.69) is 64.5 Å². The van der Waals surface area contributed by atoms with Crippen LogP contribution in [0.4, 0.5) is 11.4 Å². The van der Waals surface area contributed by atoms with Crippen LogP contribution in [0, 0.1) is 5.92 Å². The maximum atomic E-state index is 5.36. The molecule has 0 spiro atoms. The molecule has 3 fully saturated rings. The molecule has 1 unspecified atom stereocenters. The quantitative estimate of drug-likeness (QED) is 0.415. The van der Waals surface area contributed by atoms with Crippen molar-refractivity contribution in [2.45, 2.75) is 76.7 Å². The summed E-state index contributed by atoms with van der Waals surface area (Å²) in [4.78, 5) is 10.6. The standard InChI is InChI=1S/C30H41N3/c1-9-19-32(20-10-1)29-17-7-5-15-26(29)24-31-28(23-25-13-3-4-14-25)27-16-6-8-18-30(27)33-21-11-2-12-22-33/h5-8,15-18,24-25,28H,1-4,9-14,19-23H2. The van der Waals surface area contributed by atoms with E-state index in [1.807, 2.05) is 0 Å². The molecule has 1 atom stereocenters. The number of hydrogen-bond donors (Lipinski definition) is 0. The first-order chi connectivity index (χ1) is 16.4. The van der Waals surface area contributed by atoms with Gasteiger partial charge in [0.15, 0.2) is 0 Å². The largest absolute Gasteiger partial charge is 0.371 e. The molecule has 1 saturated carbocycles. The number of para-hydroxylation sites is 2. The predicted molar refractivity (Wildman–Crippen MR) is 142 cm³/mol. The molecule has 5 rings (SSSR count). The molecule has 3 aliphatic rings. The smallest absolute Gasteiger partial charge is 0.0771 e. The second kappa shape index (κ2) is 11.2. The van der Waals surface area contributed by atoms with Gasteiger partial charge in [-0.3, -0.25) is 4.99 Å². The second-order valence-electron chi connectivity index (χ2n) is 10.4. The van der Waals surface area contributed by atoms with E-state index in [4.69, 9.17) is 4.99 Å². The van der Waals surface area contributed by atoms with Crippen LogP contribution in [0.15, 0.2) is 53.5 Å². The first-order valence-corrected chi connectivity index (χ1v) is 13.6. The highest BCUT2D eigenvalue weighted by molar-refractivity contribution is 5.88. The topological polar surface area (TPSA) is 18.8 Å². The van der Waals surface area contributed by atoms with E-state index in [0.717, 1.165) is 5.92 Å². The van der Waals surface area contributed by atoms with Crippen molar-refractivity contribution in [2.24, 2.45) is 10.9 Å². The zero-order valence-electron chi connectivity index (χ0n) is 20.3. The molecule has 2 aromatic carbocycles. The number of benzene rings is 2. The van der Waals surface area contributed by atoms with E-state index in [-0.39, 0.29) is 6.04 Å². The van der Waals surface area contributed by atoms with Crippen LogP contribution in [0.5, 0.6) is 0 Å². The molecule has 3 heteroatoms. The molecule has 0 bridgehead atoms. The molecule has 1 aliphatic carbocycles. The zero-order chi connectivity index (χ0) is 22.3. The Labute approximate surface area is 200 Å². The molecule has 3 nitrogen and oxygen atoms in total. The fourth-order valence-corrected chi connectivity index (χ4v) is 6.21. The SMILES string of the molecule is C(=NC(CC1CCCC1)c1ccccc1N1CCCCC1)c1ccccc1N1CCCCC1. The Morgan fingerprint density at radius 2 is 1.27 bits per heavy atom. The van der Waals surface area contributed by atoms with Crippen molar-refractivity contribution < 1.29 is 0 Å². The molecule has 0 radical (unpaired) electrons. The van der Waals surface area contributed by atoms with Crippen LogP contribution in [0.25, 0.3) is 0 Å². The summed E-state index contributed by atoms with van der Waals surface area (Å²) < 4.78 is 0. The summed E-state index contributed by atoms with van der Waals surface area (Å²) in [6.07, 6.45) is 16.9. The molecule has 0 aromatic heterocycles. The van der Waals surface area contributed by atoms with Gasteiger partial charge >= 0.3 is 0 Å². The highest BCUT2D eigenvalue weighted by Crippen LogP contribution is 2.39. The molecular weight excluding hydrogens is 402 g/mol. The van der Waals surface area contributed by atoms with Crippen LogP contribution in [-0.4, -0.2) is 32.4 Å². The van der Waals surface area contributed by atoms with E-state index in [0.29, 0.717) is 0 Å². The van der Waals surface area contributed by atoms with E-state index < -0.39 is 0 Å². The third-order valence-corrected chi connectivity index (χ3v) is 8.05. The molecular formula is C30H41N3. The van der Waals surface area contributed by atoms with Gasteiger partial charge in [-0.1, -0.05) is 62.1 Å². The van der Waals surface area contributed by atoms with E-state index in [1.165, 1.54) is 119 Å². The number of aliphatic imine (C=N–C) groups is 1. The lowest BCUT2D eigenvalue weighted by molar-refractivity contribution is 0.452. The third kappa shape index (κ3) is 5.62. The van der Waals surface area contributed by atoms with Crippen molar-refractivity contribution in [3.8, 4) is 0 Å². The molecule has 2 saturated heterocycles. The first-order valence-electron chi connectivity index (χ1n) is 13.6. The normalized spacial score (nSPS) is 21.1. The zero-order valence-corrected chi connectivity index (χ0v) is 20.3. The molecule has 33 heavy (non-hydrogen) atoms. The van der Waals surface area contributed by atoms with Gasteiger partial charge in [-0.2, -0.15) is 0 Å². The summed E-state index contributed by atoms with van der Waals surface area (Å²) in [6, 6.07) is 18.3. The molecule has 2 aromatic rings. The lowest BCUT2D eigenvalue weighted by Gasteiger charge is -2.32. The lowest BCUT2D eigenvalue weighted by Crippen LogP contribution is -2.30. The number of nitrogens with zero attached hydrogens (tertiary/aromatic N) is 3. The number of hydrogen-bond acceptors (Lipinski definition) is 3.